The number of aryl methyl sites for hydroxylation is 1. The number of pyridine rings is 1. The summed E-state index contributed by atoms with van der Waals surface area (Å²) >= 11 is 0. The SMILES string of the molecule is CCCCCCCCn1c(=O)c(OC)c(O)c2ccc(OCCCC)cc21. The number of unbranched alkanes of at least 4 members (excludes halogenated alkanes) is 6. The van der Waals surface area contributed by atoms with Crippen molar-refractivity contribution in [3.63, 3.8) is 0 Å². The van der Waals surface area contributed by atoms with Crippen molar-refractivity contribution in [3.8, 4) is 17.2 Å². The molecule has 2 rings (SSSR count). The summed E-state index contributed by atoms with van der Waals surface area (Å²) in [6.45, 7) is 5.57. The number of hydrogen-bond acceptors (Lipinski definition) is 4. The van der Waals surface area contributed by atoms with E-state index in [1.807, 2.05) is 12.1 Å². The van der Waals surface area contributed by atoms with Crippen LogP contribution in [0.2, 0.25) is 0 Å². The number of fused-ring (bicyclic) bond motifs is 1. The minimum absolute atomic E-state index is 0.00753. The Hall–Kier alpha value is -2.17. The van der Waals surface area contributed by atoms with Crippen molar-refractivity contribution >= 4 is 10.9 Å². The fourth-order valence-electron chi connectivity index (χ4n) is 3.27. The number of methoxy groups -OCH3 is 1. The fourth-order valence-corrected chi connectivity index (χ4v) is 3.27. The molecule has 0 unspecified atom stereocenters. The number of benzene rings is 1. The normalized spacial score (nSPS) is 11.1. The molecule has 0 radical (unpaired) electrons. The topological polar surface area (TPSA) is 60.7 Å². The van der Waals surface area contributed by atoms with E-state index < -0.39 is 0 Å². The molecule has 0 amide bonds. The molecular weight excluding hydrogens is 342 g/mol. The van der Waals surface area contributed by atoms with Crippen LogP contribution in [0.1, 0.15) is 65.2 Å². The van der Waals surface area contributed by atoms with Crippen LogP contribution in [-0.2, 0) is 6.54 Å². The third-order valence-electron chi connectivity index (χ3n) is 4.88. The van der Waals surface area contributed by atoms with Crippen LogP contribution in [-0.4, -0.2) is 23.4 Å². The Kier molecular flexibility index (Phi) is 8.49. The molecule has 0 aliphatic heterocycles. The number of nitrogens with zero attached hydrogens (tertiary/aromatic N) is 1. The maximum absolute atomic E-state index is 12.8. The highest BCUT2D eigenvalue weighted by Gasteiger charge is 2.17. The van der Waals surface area contributed by atoms with Crippen molar-refractivity contribution in [1.29, 1.82) is 0 Å². The molecule has 0 atom stereocenters. The zero-order valence-corrected chi connectivity index (χ0v) is 16.9. The molecule has 1 N–H and O–H groups in total. The van der Waals surface area contributed by atoms with Crippen LogP contribution < -0.4 is 15.0 Å². The second-order valence-corrected chi connectivity index (χ2v) is 6.99. The molecule has 0 saturated heterocycles. The Morgan fingerprint density at radius 2 is 1.70 bits per heavy atom. The molecule has 1 heterocycles. The van der Waals surface area contributed by atoms with E-state index in [0.29, 0.717) is 24.1 Å². The molecule has 0 fully saturated rings. The average Bonchev–Trinajstić information content (AvgIpc) is 2.67. The number of hydrogen-bond donors (Lipinski definition) is 1. The maximum Gasteiger partial charge on any atom is 0.297 e. The Bertz CT molecular complexity index is 782. The summed E-state index contributed by atoms with van der Waals surface area (Å²) in [6.07, 6.45) is 8.96. The molecule has 0 bridgehead atoms. The monoisotopic (exact) mass is 375 g/mol. The van der Waals surface area contributed by atoms with Crippen molar-refractivity contribution in [2.45, 2.75) is 71.8 Å². The highest BCUT2D eigenvalue weighted by Crippen LogP contribution is 2.33. The van der Waals surface area contributed by atoms with Crippen LogP contribution in [0.5, 0.6) is 17.2 Å². The molecule has 0 saturated carbocycles. The lowest BCUT2D eigenvalue weighted by Gasteiger charge is -2.15. The van der Waals surface area contributed by atoms with Gasteiger partial charge in [0.1, 0.15) is 5.75 Å². The first-order valence-electron chi connectivity index (χ1n) is 10.2. The third-order valence-corrected chi connectivity index (χ3v) is 4.88. The van der Waals surface area contributed by atoms with Gasteiger partial charge >= 0.3 is 0 Å². The molecule has 150 valence electrons. The third kappa shape index (κ3) is 5.41. The number of rotatable bonds is 12. The van der Waals surface area contributed by atoms with Gasteiger partial charge in [0.05, 0.1) is 19.2 Å². The lowest BCUT2D eigenvalue weighted by Crippen LogP contribution is -2.22. The van der Waals surface area contributed by atoms with E-state index in [0.717, 1.165) is 31.4 Å². The van der Waals surface area contributed by atoms with Gasteiger partial charge in [-0.2, -0.15) is 0 Å². The number of ether oxygens (including phenoxy) is 2. The smallest absolute Gasteiger partial charge is 0.297 e. The van der Waals surface area contributed by atoms with Gasteiger partial charge in [0.15, 0.2) is 5.75 Å². The van der Waals surface area contributed by atoms with E-state index in [1.165, 1.54) is 32.8 Å². The molecule has 5 heteroatoms. The minimum atomic E-state index is -0.290. The standard InChI is InChI=1S/C22H33NO4/c1-4-6-8-9-10-11-14-23-19-16-17(27-15-7-5-2)12-13-18(19)20(24)21(26-3)22(23)25/h12-13,16,24H,4-11,14-15H2,1-3H3. The van der Waals surface area contributed by atoms with Gasteiger partial charge in [-0.1, -0.05) is 52.4 Å². The second-order valence-electron chi connectivity index (χ2n) is 6.99. The van der Waals surface area contributed by atoms with Gasteiger partial charge in [0.25, 0.3) is 5.56 Å². The van der Waals surface area contributed by atoms with Crippen LogP contribution in [0.15, 0.2) is 23.0 Å². The Labute approximate surface area is 161 Å². The zero-order valence-electron chi connectivity index (χ0n) is 16.9. The van der Waals surface area contributed by atoms with Crippen LogP contribution in [0.25, 0.3) is 10.9 Å². The van der Waals surface area contributed by atoms with Crippen LogP contribution >= 0.6 is 0 Å². The van der Waals surface area contributed by atoms with Crippen molar-refractivity contribution < 1.29 is 14.6 Å². The minimum Gasteiger partial charge on any atom is -0.504 e. The largest absolute Gasteiger partial charge is 0.504 e. The molecule has 2 aromatic rings. The predicted molar refractivity (Wildman–Crippen MR) is 110 cm³/mol. The summed E-state index contributed by atoms with van der Waals surface area (Å²) < 4.78 is 12.7. The average molecular weight is 376 g/mol. The van der Waals surface area contributed by atoms with Crippen molar-refractivity contribution in [2.75, 3.05) is 13.7 Å². The maximum atomic E-state index is 12.8. The van der Waals surface area contributed by atoms with E-state index >= 15 is 0 Å². The predicted octanol–water partition coefficient (Wildman–Crippen LogP) is 5.26. The zero-order chi connectivity index (χ0) is 19.6. The fraction of sp³-hybridized carbons (Fsp3) is 0.591. The summed E-state index contributed by atoms with van der Waals surface area (Å²) in [5.41, 5.74) is 0.405. The van der Waals surface area contributed by atoms with E-state index in [1.54, 1.807) is 10.6 Å². The lowest BCUT2D eigenvalue weighted by molar-refractivity contribution is 0.309. The second kappa shape index (κ2) is 10.9. The quantitative estimate of drug-likeness (QED) is 0.514. The highest BCUT2D eigenvalue weighted by atomic mass is 16.5. The van der Waals surface area contributed by atoms with Gasteiger partial charge in [-0.3, -0.25) is 4.79 Å². The van der Waals surface area contributed by atoms with Gasteiger partial charge in [-0.05, 0) is 25.0 Å². The summed E-state index contributed by atoms with van der Waals surface area (Å²) in [5, 5.41) is 11.1. The molecule has 5 nitrogen and oxygen atoms in total. The Morgan fingerprint density at radius 3 is 2.41 bits per heavy atom. The molecule has 27 heavy (non-hydrogen) atoms. The van der Waals surface area contributed by atoms with Gasteiger partial charge in [0.2, 0.25) is 5.75 Å². The lowest BCUT2D eigenvalue weighted by atomic mass is 10.1. The molecular formula is C22H33NO4. The van der Waals surface area contributed by atoms with Gasteiger partial charge in [-0.15, -0.1) is 0 Å². The molecule has 0 aliphatic carbocycles. The molecule has 0 spiro atoms. The number of aromatic hydroxyl groups is 1. The first kappa shape index (κ1) is 21.1. The summed E-state index contributed by atoms with van der Waals surface area (Å²) in [4.78, 5) is 12.8. The number of aromatic nitrogens is 1. The summed E-state index contributed by atoms with van der Waals surface area (Å²) in [6, 6.07) is 5.48. The van der Waals surface area contributed by atoms with Gasteiger partial charge in [0, 0.05) is 18.0 Å². The van der Waals surface area contributed by atoms with Gasteiger partial charge < -0.3 is 19.1 Å². The van der Waals surface area contributed by atoms with Crippen molar-refractivity contribution in [2.24, 2.45) is 0 Å². The van der Waals surface area contributed by atoms with E-state index in [4.69, 9.17) is 9.47 Å². The van der Waals surface area contributed by atoms with Crippen LogP contribution in [0, 0.1) is 0 Å². The van der Waals surface area contributed by atoms with E-state index in [-0.39, 0.29) is 17.1 Å². The Morgan fingerprint density at radius 1 is 1.00 bits per heavy atom. The highest BCUT2D eigenvalue weighted by molar-refractivity contribution is 5.88. The van der Waals surface area contributed by atoms with Crippen molar-refractivity contribution in [3.05, 3.63) is 28.6 Å². The van der Waals surface area contributed by atoms with Gasteiger partial charge in [-0.25, -0.2) is 0 Å². The Balaban J connectivity index is 2.29. The van der Waals surface area contributed by atoms with Crippen LogP contribution in [0.4, 0.5) is 0 Å². The first-order valence-corrected chi connectivity index (χ1v) is 10.2. The summed E-state index contributed by atoms with van der Waals surface area (Å²) in [7, 11) is 1.42. The molecule has 1 aromatic heterocycles. The van der Waals surface area contributed by atoms with E-state index in [2.05, 4.69) is 13.8 Å². The summed E-state index contributed by atoms with van der Waals surface area (Å²) in [5.74, 6) is 0.626. The molecule has 0 aliphatic rings. The van der Waals surface area contributed by atoms with Crippen LogP contribution in [0.3, 0.4) is 0 Å². The first-order chi connectivity index (χ1) is 13.1. The van der Waals surface area contributed by atoms with E-state index in [9.17, 15) is 9.90 Å². The van der Waals surface area contributed by atoms with Crippen molar-refractivity contribution in [1.82, 2.24) is 4.57 Å². The molecule has 1 aromatic carbocycles.